The minimum atomic E-state index is -1.67. The van der Waals surface area contributed by atoms with E-state index in [1.54, 1.807) is 26.0 Å². The van der Waals surface area contributed by atoms with Crippen LogP contribution in [0.2, 0.25) is 0 Å². The number of nitro benzene ring substituents is 2. The summed E-state index contributed by atoms with van der Waals surface area (Å²) in [6.45, 7) is 5.16. The molecule has 0 aliphatic rings. The van der Waals surface area contributed by atoms with Crippen LogP contribution in [0.5, 0.6) is 0 Å². The summed E-state index contributed by atoms with van der Waals surface area (Å²) in [7, 11) is 0. The summed E-state index contributed by atoms with van der Waals surface area (Å²) in [5.41, 5.74) is 2.34. The number of nitro groups is 2. The number of nitrogens with zero attached hydrogens (tertiary/aromatic N) is 2. The van der Waals surface area contributed by atoms with Gasteiger partial charge in [0.25, 0.3) is 11.4 Å². The zero-order valence-electron chi connectivity index (χ0n) is 13.5. The van der Waals surface area contributed by atoms with Crippen molar-refractivity contribution in [2.45, 2.75) is 27.1 Å². The van der Waals surface area contributed by atoms with Gasteiger partial charge in [-0.2, -0.15) is 0 Å². The van der Waals surface area contributed by atoms with Gasteiger partial charge < -0.3 is 10.2 Å². The van der Waals surface area contributed by atoms with Crippen molar-refractivity contribution >= 4 is 11.4 Å². The fourth-order valence-electron chi connectivity index (χ4n) is 1.90. The van der Waals surface area contributed by atoms with Crippen LogP contribution in [0.3, 0.4) is 0 Å². The van der Waals surface area contributed by atoms with Crippen LogP contribution in [0.15, 0.2) is 36.4 Å². The first-order valence-corrected chi connectivity index (χ1v) is 6.96. The Labute approximate surface area is 138 Å². The molecule has 0 bridgehead atoms. The number of hydrogen-bond donors (Lipinski definition) is 2. The van der Waals surface area contributed by atoms with E-state index in [4.69, 9.17) is 10.2 Å². The van der Waals surface area contributed by atoms with E-state index in [1.807, 2.05) is 13.0 Å². The average molecular weight is 334 g/mol. The molecule has 8 nitrogen and oxygen atoms in total. The van der Waals surface area contributed by atoms with Gasteiger partial charge in [-0.15, -0.1) is 0 Å². The highest BCUT2D eigenvalue weighted by molar-refractivity contribution is 5.43. The number of aliphatic hydroxyl groups excluding tert-OH is 1. The number of aliphatic hydroxyl groups is 2. The molecule has 0 atom stereocenters. The van der Waals surface area contributed by atoms with E-state index in [-0.39, 0.29) is 21.9 Å². The predicted molar refractivity (Wildman–Crippen MR) is 87.6 cm³/mol. The van der Waals surface area contributed by atoms with E-state index < -0.39 is 11.2 Å². The second-order valence-electron chi connectivity index (χ2n) is 5.22. The number of benzene rings is 2. The van der Waals surface area contributed by atoms with Crippen LogP contribution < -0.4 is 0 Å². The first-order valence-electron chi connectivity index (χ1n) is 6.96. The molecule has 0 saturated carbocycles. The van der Waals surface area contributed by atoms with E-state index in [1.165, 1.54) is 12.1 Å². The molecule has 0 fully saturated rings. The van der Waals surface area contributed by atoms with Gasteiger partial charge in [-0.05, 0) is 26.3 Å². The van der Waals surface area contributed by atoms with Crippen molar-refractivity contribution in [3.8, 4) is 0 Å². The summed E-state index contributed by atoms with van der Waals surface area (Å²) >= 11 is 0. The Bertz CT molecular complexity index is 758. The second kappa shape index (κ2) is 8.14. The molecule has 0 aliphatic heterocycles. The van der Waals surface area contributed by atoms with E-state index in [0.717, 1.165) is 11.6 Å². The third-order valence-corrected chi connectivity index (χ3v) is 3.29. The van der Waals surface area contributed by atoms with Crippen LogP contribution in [-0.2, 0) is 0 Å². The standard InChI is InChI=1S/C8H9NO4.C8H9NO2/c1-5-2-3-6(8(10)11)4-7(5)9(12)13;1-6-3-4-7(2)8(5-6)9(10)11/h2-4,8,10-11H,1H3;3-5H,1-2H3. The molecule has 0 amide bonds. The van der Waals surface area contributed by atoms with Crippen LogP contribution in [0.1, 0.15) is 28.5 Å². The molecule has 0 saturated heterocycles. The second-order valence-corrected chi connectivity index (χ2v) is 5.22. The summed E-state index contributed by atoms with van der Waals surface area (Å²) in [6.07, 6.45) is -1.67. The molecule has 0 radical (unpaired) electrons. The molecule has 2 rings (SSSR count). The fraction of sp³-hybridized carbons (Fsp3) is 0.250. The third-order valence-electron chi connectivity index (χ3n) is 3.29. The monoisotopic (exact) mass is 334 g/mol. The SMILES string of the molecule is Cc1ccc(C(O)O)cc1[N+](=O)[O-].Cc1ccc(C)c([N+](=O)[O-])c1. The fourth-order valence-corrected chi connectivity index (χ4v) is 1.90. The van der Waals surface area contributed by atoms with Gasteiger partial charge in [0.15, 0.2) is 6.29 Å². The van der Waals surface area contributed by atoms with E-state index in [2.05, 4.69) is 0 Å². The van der Waals surface area contributed by atoms with Crippen LogP contribution in [0, 0.1) is 41.0 Å². The number of hydrogen-bond acceptors (Lipinski definition) is 6. The summed E-state index contributed by atoms with van der Waals surface area (Å²) in [5, 5.41) is 38.3. The first kappa shape index (κ1) is 19.2. The molecule has 0 unspecified atom stereocenters. The van der Waals surface area contributed by atoms with Gasteiger partial charge in [-0.25, -0.2) is 0 Å². The zero-order chi connectivity index (χ0) is 18.4. The zero-order valence-corrected chi connectivity index (χ0v) is 13.5. The van der Waals surface area contributed by atoms with Crippen LogP contribution in [0.4, 0.5) is 11.4 Å². The summed E-state index contributed by atoms with van der Waals surface area (Å²) in [4.78, 5) is 19.9. The quantitative estimate of drug-likeness (QED) is 0.504. The van der Waals surface area contributed by atoms with Crippen molar-refractivity contribution in [2.24, 2.45) is 0 Å². The van der Waals surface area contributed by atoms with Crippen molar-refractivity contribution < 1.29 is 20.1 Å². The third kappa shape index (κ3) is 5.11. The van der Waals surface area contributed by atoms with Gasteiger partial charge in [0.1, 0.15) is 0 Å². The van der Waals surface area contributed by atoms with Crippen molar-refractivity contribution in [1.82, 2.24) is 0 Å². The van der Waals surface area contributed by atoms with Crippen LogP contribution >= 0.6 is 0 Å². The molecule has 2 aromatic rings. The lowest BCUT2D eigenvalue weighted by molar-refractivity contribution is -0.385. The molecule has 0 aromatic heterocycles. The Kier molecular flexibility index (Phi) is 6.51. The van der Waals surface area contributed by atoms with Crippen LogP contribution in [-0.4, -0.2) is 20.1 Å². The maximum atomic E-state index is 10.4. The maximum Gasteiger partial charge on any atom is 0.272 e. The van der Waals surface area contributed by atoms with Crippen molar-refractivity contribution in [2.75, 3.05) is 0 Å². The Morgan fingerprint density at radius 1 is 0.833 bits per heavy atom. The highest BCUT2D eigenvalue weighted by Gasteiger charge is 2.13. The van der Waals surface area contributed by atoms with Gasteiger partial charge in [0, 0.05) is 28.8 Å². The topological polar surface area (TPSA) is 127 Å². The van der Waals surface area contributed by atoms with E-state index in [9.17, 15) is 20.2 Å². The van der Waals surface area contributed by atoms with Gasteiger partial charge in [0.2, 0.25) is 0 Å². The van der Waals surface area contributed by atoms with Gasteiger partial charge in [-0.1, -0.05) is 24.3 Å². The summed E-state index contributed by atoms with van der Waals surface area (Å²) in [5.74, 6) is 0. The van der Waals surface area contributed by atoms with E-state index >= 15 is 0 Å². The largest absolute Gasteiger partial charge is 0.364 e. The lowest BCUT2D eigenvalue weighted by Gasteiger charge is -2.04. The maximum absolute atomic E-state index is 10.4. The minimum absolute atomic E-state index is 0.106. The Morgan fingerprint density at radius 2 is 1.29 bits per heavy atom. The molecule has 24 heavy (non-hydrogen) atoms. The smallest absolute Gasteiger partial charge is 0.272 e. The van der Waals surface area contributed by atoms with E-state index in [0.29, 0.717) is 11.1 Å². The Balaban J connectivity index is 0.000000243. The molecule has 0 spiro atoms. The molecule has 8 heteroatoms. The molecular formula is C16H18N2O6. The van der Waals surface area contributed by atoms with Crippen molar-refractivity contribution in [3.63, 3.8) is 0 Å². The Morgan fingerprint density at radius 3 is 1.71 bits per heavy atom. The lowest BCUT2D eigenvalue weighted by Crippen LogP contribution is -1.98. The average Bonchev–Trinajstić information content (AvgIpc) is 2.50. The molecule has 128 valence electrons. The predicted octanol–water partition coefficient (Wildman–Crippen LogP) is 3.10. The molecule has 2 N–H and O–H groups in total. The Hall–Kier alpha value is -2.84. The molecule has 2 aromatic carbocycles. The first-order chi connectivity index (χ1) is 11.1. The van der Waals surface area contributed by atoms with Crippen molar-refractivity contribution in [1.29, 1.82) is 0 Å². The molecule has 0 aliphatic carbocycles. The summed E-state index contributed by atoms with van der Waals surface area (Å²) < 4.78 is 0. The number of aryl methyl sites for hydroxylation is 3. The van der Waals surface area contributed by atoms with Crippen molar-refractivity contribution in [3.05, 3.63) is 78.9 Å². The molecule has 0 heterocycles. The molecular weight excluding hydrogens is 316 g/mol. The van der Waals surface area contributed by atoms with Gasteiger partial charge in [-0.3, -0.25) is 20.2 Å². The highest BCUT2D eigenvalue weighted by Crippen LogP contribution is 2.22. The van der Waals surface area contributed by atoms with Crippen LogP contribution in [0.25, 0.3) is 0 Å². The lowest BCUT2D eigenvalue weighted by atomic mass is 10.1. The highest BCUT2D eigenvalue weighted by atomic mass is 16.6. The summed E-state index contributed by atoms with van der Waals surface area (Å²) in [6, 6.07) is 9.27. The minimum Gasteiger partial charge on any atom is -0.364 e. The van der Waals surface area contributed by atoms with Gasteiger partial charge in [0.05, 0.1) is 9.85 Å². The normalized spacial score (nSPS) is 10.1. The number of rotatable bonds is 3. The van der Waals surface area contributed by atoms with Gasteiger partial charge >= 0.3 is 0 Å².